The smallest absolute Gasteiger partial charge is 0.262 e. The normalized spacial score (nSPS) is 13.7. The Labute approximate surface area is 207 Å². The summed E-state index contributed by atoms with van der Waals surface area (Å²) in [5, 5.41) is 9.91. The van der Waals surface area contributed by atoms with Crippen LogP contribution in [-0.2, 0) is 24.2 Å². The van der Waals surface area contributed by atoms with E-state index in [9.17, 15) is 9.59 Å². The molecule has 1 atom stereocenters. The third-order valence-electron chi connectivity index (χ3n) is 5.96. The Morgan fingerprint density at radius 2 is 1.74 bits per heavy atom. The van der Waals surface area contributed by atoms with Crippen molar-refractivity contribution in [2.24, 2.45) is 0 Å². The summed E-state index contributed by atoms with van der Waals surface area (Å²) in [5.41, 5.74) is 4.24. The largest absolute Gasteiger partial charge is 0.367 e. The van der Waals surface area contributed by atoms with Crippen LogP contribution in [0.3, 0.4) is 0 Å². The molecule has 0 saturated heterocycles. The molecule has 0 spiro atoms. The zero-order chi connectivity index (χ0) is 23.3. The van der Waals surface area contributed by atoms with Crippen molar-refractivity contribution in [3.63, 3.8) is 0 Å². The number of nitrogens with one attached hydrogen (secondary N) is 2. The second kappa shape index (κ2) is 10.2. The lowest BCUT2D eigenvalue weighted by Crippen LogP contribution is -2.45. The summed E-state index contributed by atoms with van der Waals surface area (Å²) in [6.45, 7) is 1.91. The van der Waals surface area contributed by atoms with Crippen molar-refractivity contribution in [3.05, 3.63) is 104 Å². The predicted octanol–water partition coefficient (Wildman–Crippen LogP) is 5.35. The molecule has 0 radical (unpaired) electrons. The number of anilines is 2. The average molecular weight is 488 g/mol. The minimum Gasteiger partial charge on any atom is -0.367 e. The maximum absolute atomic E-state index is 13.2. The maximum Gasteiger partial charge on any atom is 0.262 e. The fourth-order valence-corrected chi connectivity index (χ4v) is 5.67. The molecule has 7 heteroatoms. The molecule has 2 amide bonds. The van der Waals surface area contributed by atoms with Crippen LogP contribution in [0.1, 0.15) is 25.7 Å². The quantitative estimate of drug-likeness (QED) is 0.369. The second-order valence-corrected chi connectivity index (χ2v) is 10.2. The monoisotopic (exact) mass is 487 g/mol. The highest BCUT2D eigenvalue weighted by molar-refractivity contribution is 7.12. The Kier molecular flexibility index (Phi) is 6.74. The van der Waals surface area contributed by atoms with Gasteiger partial charge < -0.3 is 15.5 Å². The number of nitrogens with zero attached hydrogens (tertiary/aromatic N) is 1. The van der Waals surface area contributed by atoms with Gasteiger partial charge in [0, 0.05) is 35.8 Å². The predicted molar refractivity (Wildman–Crippen MR) is 140 cm³/mol. The van der Waals surface area contributed by atoms with Crippen LogP contribution in [0.4, 0.5) is 11.4 Å². The molecule has 1 aliphatic heterocycles. The first-order valence-corrected chi connectivity index (χ1v) is 13.0. The molecular formula is C27H25N3O2S2. The highest BCUT2D eigenvalue weighted by Gasteiger charge is 2.23. The van der Waals surface area contributed by atoms with Crippen molar-refractivity contribution in [2.45, 2.75) is 25.4 Å². The van der Waals surface area contributed by atoms with E-state index in [4.69, 9.17) is 0 Å². The van der Waals surface area contributed by atoms with Crippen molar-refractivity contribution in [1.82, 2.24) is 5.32 Å². The lowest BCUT2D eigenvalue weighted by Gasteiger charge is -2.29. The Morgan fingerprint density at radius 3 is 2.50 bits per heavy atom. The van der Waals surface area contributed by atoms with Gasteiger partial charge in [-0.05, 0) is 64.7 Å². The SMILES string of the molecule is O=C(NC(Cc1ccccc1)C(=O)Nc1ccc(N2CCc3sccc3C2)cc1)c1cccs1. The highest BCUT2D eigenvalue weighted by atomic mass is 32.1. The number of benzene rings is 2. The second-order valence-electron chi connectivity index (χ2n) is 8.27. The van der Waals surface area contributed by atoms with Crippen molar-refractivity contribution in [2.75, 3.05) is 16.8 Å². The molecule has 0 fully saturated rings. The van der Waals surface area contributed by atoms with Gasteiger partial charge in [0.1, 0.15) is 6.04 Å². The summed E-state index contributed by atoms with van der Waals surface area (Å²) in [7, 11) is 0. The van der Waals surface area contributed by atoms with Crippen LogP contribution in [-0.4, -0.2) is 24.4 Å². The van der Waals surface area contributed by atoms with Crippen LogP contribution < -0.4 is 15.5 Å². The molecule has 5 nitrogen and oxygen atoms in total. The van der Waals surface area contributed by atoms with E-state index in [0.29, 0.717) is 17.0 Å². The molecule has 0 aliphatic carbocycles. The molecule has 5 rings (SSSR count). The van der Waals surface area contributed by atoms with Crippen LogP contribution in [0, 0.1) is 0 Å². The molecule has 2 aromatic carbocycles. The first-order chi connectivity index (χ1) is 16.7. The van der Waals surface area contributed by atoms with Gasteiger partial charge in [0.05, 0.1) is 4.88 Å². The number of amides is 2. The van der Waals surface area contributed by atoms with Crippen LogP contribution >= 0.6 is 22.7 Å². The number of hydrogen-bond donors (Lipinski definition) is 2. The molecule has 172 valence electrons. The van der Waals surface area contributed by atoms with Gasteiger partial charge in [0.15, 0.2) is 0 Å². The van der Waals surface area contributed by atoms with Gasteiger partial charge >= 0.3 is 0 Å². The van der Waals surface area contributed by atoms with Crippen LogP contribution in [0.15, 0.2) is 83.6 Å². The minimum absolute atomic E-state index is 0.234. The summed E-state index contributed by atoms with van der Waals surface area (Å²) in [5.74, 6) is -0.471. The molecule has 0 bridgehead atoms. The Bertz CT molecular complexity index is 1250. The first kappa shape index (κ1) is 22.4. The molecule has 2 N–H and O–H groups in total. The fourth-order valence-electron chi connectivity index (χ4n) is 4.15. The van der Waals surface area contributed by atoms with Crippen molar-refractivity contribution in [3.8, 4) is 0 Å². The maximum atomic E-state index is 13.2. The molecule has 3 heterocycles. The van der Waals surface area contributed by atoms with E-state index in [1.165, 1.54) is 21.8 Å². The summed E-state index contributed by atoms with van der Waals surface area (Å²) in [4.78, 5) is 30.3. The zero-order valence-corrected chi connectivity index (χ0v) is 20.2. The third kappa shape index (κ3) is 5.21. The summed E-state index contributed by atoms with van der Waals surface area (Å²) >= 11 is 3.19. The number of hydrogen-bond acceptors (Lipinski definition) is 5. The fraction of sp³-hybridized carbons (Fsp3) is 0.185. The van der Waals surface area contributed by atoms with Gasteiger partial charge in [-0.25, -0.2) is 0 Å². The van der Waals surface area contributed by atoms with Crippen molar-refractivity contribution >= 4 is 45.9 Å². The van der Waals surface area contributed by atoms with E-state index in [-0.39, 0.29) is 11.8 Å². The van der Waals surface area contributed by atoms with Gasteiger partial charge in [0.2, 0.25) is 5.91 Å². The van der Waals surface area contributed by atoms with Gasteiger partial charge in [0.25, 0.3) is 5.91 Å². The van der Waals surface area contributed by atoms with Crippen molar-refractivity contribution < 1.29 is 9.59 Å². The van der Waals surface area contributed by atoms with Crippen LogP contribution in [0.5, 0.6) is 0 Å². The molecule has 1 unspecified atom stereocenters. The topological polar surface area (TPSA) is 61.4 Å². The van der Waals surface area contributed by atoms with E-state index in [1.807, 2.05) is 77.4 Å². The Morgan fingerprint density at radius 1 is 0.912 bits per heavy atom. The van der Waals surface area contributed by atoms with Crippen molar-refractivity contribution in [1.29, 1.82) is 0 Å². The third-order valence-corrected chi connectivity index (χ3v) is 7.85. The van der Waals surface area contributed by atoms with E-state index in [0.717, 1.165) is 30.8 Å². The highest BCUT2D eigenvalue weighted by Crippen LogP contribution is 2.28. The summed E-state index contributed by atoms with van der Waals surface area (Å²) in [6.07, 6.45) is 1.48. The minimum atomic E-state index is -0.684. The standard InChI is InChI=1S/C27H25N3O2S2/c31-26(23(17-19-5-2-1-3-6-19)29-27(32)25-7-4-15-33-25)28-21-8-10-22(11-9-21)30-14-12-24-20(18-30)13-16-34-24/h1-11,13,15-16,23H,12,14,17-18H2,(H,28,31)(H,29,32). The van der Waals surface area contributed by atoms with E-state index in [1.54, 1.807) is 6.07 Å². The molecule has 4 aromatic rings. The van der Waals surface area contributed by atoms with Gasteiger partial charge in [-0.15, -0.1) is 22.7 Å². The number of rotatable bonds is 7. The number of carbonyl (C=O) groups excluding carboxylic acids is 2. The molecule has 0 saturated carbocycles. The van der Waals surface area contributed by atoms with E-state index < -0.39 is 6.04 Å². The van der Waals surface area contributed by atoms with E-state index in [2.05, 4.69) is 27.0 Å². The summed E-state index contributed by atoms with van der Waals surface area (Å²) < 4.78 is 0. The molecule has 1 aliphatic rings. The van der Waals surface area contributed by atoms with Gasteiger partial charge in [-0.1, -0.05) is 36.4 Å². The molecule has 34 heavy (non-hydrogen) atoms. The summed E-state index contributed by atoms with van der Waals surface area (Å²) in [6, 6.07) is 22.8. The Balaban J connectivity index is 1.27. The Hall–Kier alpha value is -3.42. The molecule has 2 aromatic heterocycles. The number of carbonyl (C=O) groups is 2. The average Bonchev–Trinajstić information content (AvgIpc) is 3.57. The lowest BCUT2D eigenvalue weighted by atomic mass is 10.0. The van der Waals surface area contributed by atoms with Gasteiger partial charge in [-0.3, -0.25) is 9.59 Å². The van der Waals surface area contributed by atoms with E-state index >= 15 is 0 Å². The van der Waals surface area contributed by atoms with Gasteiger partial charge in [-0.2, -0.15) is 0 Å². The van der Waals surface area contributed by atoms with Crippen LogP contribution in [0.2, 0.25) is 0 Å². The zero-order valence-electron chi connectivity index (χ0n) is 18.6. The lowest BCUT2D eigenvalue weighted by molar-refractivity contribution is -0.118. The van der Waals surface area contributed by atoms with Crippen LogP contribution in [0.25, 0.3) is 0 Å². The first-order valence-electron chi connectivity index (χ1n) is 11.2. The number of fused-ring (bicyclic) bond motifs is 1. The number of thiophene rings is 2. The molecular weight excluding hydrogens is 462 g/mol.